The number of benzene rings is 7. The van der Waals surface area contributed by atoms with Gasteiger partial charge in [-0.1, -0.05) is 159 Å². The Balaban J connectivity index is 1.18. The van der Waals surface area contributed by atoms with Crippen molar-refractivity contribution >= 4 is 22.6 Å². The molecule has 0 saturated heterocycles. The molecule has 0 unspecified atom stereocenters. The Morgan fingerprint density at radius 1 is 0.423 bits per heavy atom. The van der Waals surface area contributed by atoms with Crippen molar-refractivity contribution < 1.29 is 0 Å². The molecule has 1 nitrogen and oxygen atoms in total. The maximum Gasteiger partial charge on any atom is 0.0468 e. The van der Waals surface area contributed by atoms with Gasteiger partial charge in [0.1, 0.15) is 0 Å². The van der Waals surface area contributed by atoms with Gasteiger partial charge in [0.15, 0.2) is 0 Å². The molecule has 52 heavy (non-hydrogen) atoms. The summed E-state index contributed by atoms with van der Waals surface area (Å²) in [4.78, 5) is 2.40. The molecule has 0 heterocycles. The SMILES string of the molecule is CC1(C)c2ccccc2-c2ccc(-c3ccc(N(c4ccc(-c5ccccc5)cc4)c4ccc(-c5ccccc5)cc4)cc3C3=CC=CCC3)cc21. The number of anilines is 3. The number of nitrogens with zero attached hydrogens (tertiary/aromatic N) is 1. The second kappa shape index (κ2) is 13.2. The van der Waals surface area contributed by atoms with E-state index in [0.29, 0.717) is 0 Å². The van der Waals surface area contributed by atoms with E-state index in [0.717, 1.165) is 29.9 Å². The molecule has 0 N–H and O–H groups in total. The Bertz CT molecular complexity index is 2360. The van der Waals surface area contributed by atoms with E-state index in [1.165, 1.54) is 66.8 Å². The molecular formula is C51H41N. The van der Waals surface area contributed by atoms with Crippen molar-refractivity contribution in [2.75, 3.05) is 4.90 Å². The fourth-order valence-electron chi connectivity index (χ4n) is 8.20. The lowest BCUT2D eigenvalue weighted by Gasteiger charge is -2.28. The molecule has 0 aromatic heterocycles. The lowest BCUT2D eigenvalue weighted by atomic mass is 9.81. The molecule has 0 amide bonds. The lowest BCUT2D eigenvalue weighted by molar-refractivity contribution is 0.660. The summed E-state index contributed by atoms with van der Waals surface area (Å²) in [7, 11) is 0. The summed E-state index contributed by atoms with van der Waals surface area (Å²) in [6, 6.07) is 62.3. The van der Waals surface area contributed by atoms with Crippen molar-refractivity contribution in [3.8, 4) is 44.5 Å². The van der Waals surface area contributed by atoms with E-state index in [1.807, 2.05) is 0 Å². The third-order valence-electron chi connectivity index (χ3n) is 11.0. The maximum absolute atomic E-state index is 2.45. The third kappa shape index (κ3) is 5.69. The van der Waals surface area contributed by atoms with Gasteiger partial charge in [0.25, 0.3) is 0 Å². The normalized spacial score (nSPS) is 14.0. The summed E-state index contributed by atoms with van der Waals surface area (Å²) in [5.74, 6) is 0. The first-order valence-electron chi connectivity index (χ1n) is 18.4. The largest absolute Gasteiger partial charge is 0.310 e. The van der Waals surface area contributed by atoms with Crippen molar-refractivity contribution in [3.05, 3.63) is 205 Å². The van der Waals surface area contributed by atoms with Gasteiger partial charge in [0.05, 0.1) is 0 Å². The van der Waals surface area contributed by atoms with E-state index in [9.17, 15) is 0 Å². The van der Waals surface area contributed by atoms with Crippen LogP contribution in [-0.2, 0) is 5.41 Å². The molecule has 0 fully saturated rings. The van der Waals surface area contributed by atoms with Crippen LogP contribution < -0.4 is 4.90 Å². The molecule has 9 rings (SSSR count). The number of rotatable bonds is 7. The van der Waals surface area contributed by atoms with Crippen molar-refractivity contribution in [2.45, 2.75) is 32.1 Å². The van der Waals surface area contributed by atoms with Crippen molar-refractivity contribution in [2.24, 2.45) is 0 Å². The van der Waals surface area contributed by atoms with Gasteiger partial charge in [0.2, 0.25) is 0 Å². The Morgan fingerprint density at radius 3 is 1.56 bits per heavy atom. The van der Waals surface area contributed by atoms with E-state index in [2.05, 4.69) is 207 Å². The molecule has 0 radical (unpaired) electrons. The van der Waals surface area contributed by atoms with Gasteiger partial charge in [-0.2, -0.15) is 0 Å². The van der Waals surface area contributed by atoms with Crippen LogP contribution in [0.25, 0.3) is 50.1 Å². The van der Waals surface area contributed by atoms with Crippen molar-refractivity contribution in [1.29, 1.82) is 0 Å². The highest BCUT2D eigenvalue weighted by Crippen LogP contribution is 2.50. The van der Waals surface area contributed by atoms with E-state index in [4.69, 9.17) is 0 Å². The zero-order valence-corrected chi connectivity index (χ0v) is 29.8. The Kier molecular flexibility index (Phi) is 8.05. The van der Waals surface area contributed by atoms with Crippen LogP contribution in [0.15, 0.2) is 188 Å². The van der Waals surface area contributed by atoms with Crippen LogP contribution in [0.5, 0.6) is 0 Å². The molecule has 2 aliphatic carbocycles. The second-order valence-electron chi connectivity index (χ2n) is 14.5. The first kappa shape index (κ1) is 31.8. The van der Waals surface area contributed by atoms with Gasteiger partial charge < -0.3 is 4.90 Å². The van der Waals surface area contributed by atoms with Crippen LogP contribution in [0.4, 0.5) is 17.1 Å². The van der Waals surface area contributed by atoms with Crippen molar-refractivity contribution in [3.63, 3.8) is 0 Å². The van der Waals surface area contributed by atoms with Gasteiger partial charge in [-0.3, -0.25) is 0 Å². The summed E-state index contributed by atoms with van der Waals surface area (Å²) in [6.07, 6.45) is 8.88. The lowest BCUT2D eigenvalue weighted by Crippen LogP contribution is -2.15. The fraction of sp³-hybridized carbons (Fsp3) is 0.0980. The standard InChI is InChI=1S/C51H41N/c1-51(2)49-21-13-12-20-46(49)47-32-26-41(34-50(47)51)45-33-31-44(35-48(45)40-18-10-5-11-19-40)52(42-27-22-38(23-28-42)36-14-6-3-7-15-36)43-29-24-39(25-30-43)37-16-8-4-9-17-37/h3-10,12-18,20-35H,11,19H2,1-2H3. The van der Waals surface area contributed by atoms with E-state index in [1.54, 1.807) is 0 Å². The number of hydrogen-bond acceptors (Lipinski definition) is 1. The van der Waals surface area contributed by atoms with Crippen LogP contribution in [0.1, 0.15) is 43.4 Å². The fourth-order valence-corrected chi connectivity index (χ4v) is 8.20. The molecule has 0 saturated carbocycles. The predicted molar refractivity (Wildman–Crippen MR) is 221 cm³/mol. The summed E-state index contributed by atoms with van der Waals surface area (Å²) in [5.41, 5.74) is 18.9. The molecule has 1 heteroatoms. The summed E-state index contributed by atoms with van der Waals surface area (Å²) >= 11 is 0. The molecule has 2 aliphatic rings. The highest BCUT2D eigenvalue weighted by molar-refractivity contribution is 5.90. The molecule has 0 spiro atoms. The van der Waals surface area contributed by atoms with Gasteiger partial charge >= 0.3 is 0 Å². The highest BCUT2D eigenvalue weighted by Gasteiger charge is 2.35. The Labute approximate surface area is 307 Å². The van der Waals surface area contributed by atoms with Crippen LogP contribution in [0.2, 0.25) is 0 Å². The Hall–Kier alpha value is -6.18. The molecule has 7 aromatic carbocycles. The van der Waals surface area contributed by atoms with Gasteiger partial charge in [-0.25, -0.2) is 0 Å². The average Bonchev–Trinajstić information content (AvgIpc) is 3.45. The molecular weight excluding hydrogens is 627 g/mol. The van der Waals surface area contributed by atoms with Crippen LogP contribution in [-0.4, -0.2) is 0 Å². The molecule has 0 atom stereocenters. The van der Waals surface area contributed by atoms with E-state index < -0.39 is 0 Å². The minimum absolute atomic E-state index is 0.0521. The monoisotopic (exact) mass is 667 g/mol. The predicted octanol–water partition coefficient (Wildman–Crippen LogP) is 14.2. The number of allylic oxidation sites excluding steroid dienone is 4. The smallest absolute Gasteiger partial charge is 0.0468 e. The zero-order chi connectivity index (χ0) is 35.1. The van der Waals surface area contributed by atoms with Gasteiger partial charge in [-0.05, 0) is 122 Å². The molecule has 250 valence electrons. The van der Waals surface area contributed by atoms with Crippen LogP contribution >= 0.6 is 0 Å². The third-order valence-corrected chi connectivity index (χ3v) is 11.0. The van der Waals surface area contributed by atoms with E-state index in [-0.39, 0.29) is 5.41 Å². The minimum atomic E-state index is -0.0521. The number of fused-ring (bicyclic) bond motifs is 3. The average molecular weight is 668 g/mol. The summed E-state index contributed by atoms with van der Waals surface area (Å²) < 4.78 is 0. The maximum atomic E-state index is 2.45. The Morgan fingerprint density at radius 2 is 0.942 bits per heavy atom. The topological polar surface area (TPSA) is 3.24 Å². The second-order valence-corrected chi connectivity index (χ2v) is 14.5. The van der Waals surface area contributed by atoms with Crippen LogP contribution in [0.3, 0.4) is 0 Å². The first-order valence-corrected chi connectivity index (χ1v) is 18.4. The highest BCUT2D eigenvalue weighted by atomic mass is 15.1. The molecule has 0 bridgehead atoms. The molecule has 7 aromatic rings. The summed E-state index contributed by atoms with van der Waals surface area (Å²) in [5, 5.41) is 0. The van der Waals surface area contributed by atoms with Crippen molar-refractivity contribution in [1.82, 2.24) is 0 Å². The minimum Gasteiger partial charge on any atom is -0.310 e. The zero-order valence-electron chi connectivity index (χ0n) is 29.8. The van der Waals surface area contributed by atoms with Crippen LogP contribution in [0, 0.1) is 0 Å². The molecule has 0 aliphatic heterocycles. The van der Waals surface area contributed by atoms with Gasteiger partial charge in [-0.15, -0.1) is 0 Å². The quantitative estimate of drug-likeness (QED) is 0.164. The first-order chi connectivity index (χ1) is 25.5. The van der Waals surface area contributed by atoms with Gasteiger partial charge in [0, 0.05) is 22.5 Å². The van der Waals surface area contributed by atoms with E-state index >= 15 is 0 Å². The number of hydrogen-bond donors (Lipinski definition) is 0. The summed E-state index contributed by atoms with van der Waals surface area (Å²) in [6.45, 7) is 4.73.